The molecule has 144 valence electrons. The summed E-state index contributed by atoms with van der Waals surface area (Å²) in [5.41, 5.74) is 2.86. The summed E-state index contributed by atoms with van der Waals surface area (Å²) < 4.78 is 11.0. The van der Waals surface area contributed by atoms with Gasteiger partial charge in [0, 0.05) is 17.5 Å². The second-order valence-corrected chi connectivity index (χ2v) is 6.99. The van der Waals surface area contributed by atoms with Gasteiger partial charge in [-0.15, -0.1) is 0 Å². The van der Waals surface area contributed by atoms with Crippen LogP contribution < -0.4 is 14.4 Å². The molecule has 0 spiro atoms. The standard InChI is InChI=1S/C23H24N2O3/c1-4-28-20-12-11-16(13-21(20)27-3)14-24(2)15-25-19-10-6-8-17-7-5-9-18(22(17)19)23(25)26/h5-13H,4,14-15H2,1-3H3. The summed E-state index contributed by atoms with van der Waals surface area (Å²) in [5.74, 6) is 1.53. The smallest absolute Gasteiger partial charge is 0.260 e. The molecule has 4 rings (SSSR count). The Labute approximate surface area is 165 Å². The monoisotopic (exact) mass is 376 g/mol. The molecule has 5 heteroatoms. The quantitative estimate of drug-likeness (QED) is 0.617. The highest BCUT2D eigenvalue weighted by Crippen LogP contribution is 2.37. The first kappa shape index (κ1) is 18.3. The Morgan fingerprint density at radius 2 is 1.82 bits per heavy atom. The largest absolute Gasteiger partial charge is 0.493 e. The zero-order valence-corrected chi connectivity index (χ0v) is 16.4. The molecule has 0 aliphatic carbocycles. The first-order chi connectivity index (χ1) is 13.6. The first-order valence-corrected chi connectivity index (χ1v) is 9.44. The van der Waals surface area contributed by atoms with Crippen molar-refractivity contribution in [3.05, 3.63) is 65.7 Å². The molecule has 28 heavy (non-hydrogen) atoms. The van der Waals surface area contributed by atoms with E-state index in [1.54, 1.807) is 7.11 Å². The van der Waals surface area contributed by atoms with E-state index in [-0.39, 0.29) is 5.91 Å². The summed E-state index contributed by atoms with van der Waals surface area (Å²) in [4.78, 5) is 16.9. The van der Waals surface area contributed by atoms with E-state index in [0.29, 0.717) is 19.8 Å². The van der Waals surface area contributed by atoms with Gasteiger partial charge in [0.15, 0.2) is 11.5 Å². The van der Waals surface area contributed by atoms with Gasteiger partial charge < -0.3 is 9.47 Å². The number of benzene rings is 3. The molecule has 0 atom stereocenters. The van der Waals surface area contributed by atoms with Crippen LogP contribution in [0.15, 0.2) is 54.6 Å². The molecule has 0 fully saturated rings. The number of carbonyl (C=O) groups is 1. The zero-order valence-electron chi connectivity index (χ0n) is 16.4. The summed E-state index contributed by atoms with van der Waals surface area (Å²) >= 11 is 0. The lowest BCUT2D eigenvalue weighted by molar-refractivity contribution is 0.0977. The number of ether oxygens (including phenoxy) is 2. The molecule has 1 heterocycles. The van der Waals surface area contributed by atoms with Gasteiger partial charge in [0.1, 0.15) is 0 Å². The van der Waals surface area contributed by atoms with Gasteiger partial charge in [-0.05, 0) is 49.2 Å². The van der Waals surface area contributed by atoms with Crippen molar-refractivity contribution in [2.75, 3.05) is 32.3 Å². The van der Waals surface area contributed by atoms with Crippen LogP contribution in [0.5, 0.6) is 11.5 Å². The van der Waals surface area contributed by atoms with E-state index >= 15 is 0 Å². The van der Waals surface area contributed by atoms with Crippen molar-refractivity contribution in [2.45, 2.75) is 13.5 Å². The maximum Gasteiger partial charge on any atom is 0.260 e. The van der Waals surface area contributed by atoms with Crippen molar-refractivity contribution in [3.8, 4) is 11.5 Å². The Morgan fingerprint density at radius 1 is 1.04 bits per heavy atom. The van der Waals surface area contributed by atoms with Gasteiger partial charge in [0.25, 0.3) is 5.91 Å². The Morgan fingerprint density at radius 3 is 2.57 bits per heavy atom. The fraction of sp³-hybridized carbons (Fsp3) is 0.261. The van der Waals surface area contributed by atoms with Crippen LogP contribution in [-0.2, 0) is 6.54 Å². The van der Waals surface area contributed by atoms with E-state index in [4.69, 9.17) is 9.47 Å². The number of amides is 1. The van der Waals surface area contributed by atoms with Gasteiger partial charge in [-0.1, -0.05) is 30.3 Å². The predicted octanol–water partition coefficient (Wildman–Crippen LogP) is 4.30. The van der Waals surface area contributed by atoms with E-state index in [1.807, 2.05) is 61.3 Å². The highest BCUT2D eigenvalue weighted by molar-refractivity contribution is 6.24. The van der Waals surface area contributed by atoms with Crippen molar-refractivity contribution in [1.29, 1.82) is 0 Å². The number of methoxy groups -OCH3 is 1. The van der Waals surface area contributed by atoms with Crippen LogP contribution in [0.3, 0.4) is 0 Å². The van der Waals surface area contributed by atoms with Crippen LogP contribution in [0.4, 0.5) is 5.69 Å². The number of hydrogen-bond acceptors (Lipinski definition) is 4. The van der Waals surface area contributed by atoms with Crippen LogP contribution in [0.25, 0.3) is 10.8 Å². The summed E-state index contributed by atoms with van der Waals surface area (Å²) in [6, 6.07) is 17.9. The second kappa shape index (κ2) is 7.52. The molecule has 0 N–H and O–H groups in total. The maximum atomic E-state index is 12.9. The number of nitrogens with zero attached hydrogens (tertiary/aromatic N) is 2. The zero-order chi connectivity index (χ0) is 19.7. The molecule has 0 radical (unpaired) electrons. The highest BCUT2D eigenvalue weighted by Gasteiger charge is 2.30. The highest BCUT2D eigenvalue weighted by atomic mass is 16.5. The van der Waals surface area contributed by atoms with E-state index < -0.39 is 0 Å². The topological polar surface area (TPSA) is 42.0 Å². The number of hydrogen-bond donors (Lipinski definition) is 0. The molecule has 0 saturated heterocycles. The van der Waals surface area contributed by atoms with E-state index in [9.17, 15) is 4.79 Å². The third kappa shape index (κ3) is 3.18. The van der Waals surface area contributed by atoms with E-state index in [1.165, 1.54) is 0 Å². The van der Waals surface area contributed by atoms with Crippen LogP contribution in [0.2, 0.25) is 0 Å². The molecule has 0 aromatic heterocycles. The van der Waals surface area contributed by atoms with Gasteiger partial charge in [0.05, 0.1) is 26.1 Å². The average Bonchev–Trinajstić information content (AvgIpc) is 2.97. The molecule has 5 nitrogen and oxygen atoms in total. The molecule has 3 aromatic carbocycles. The van der Waals surface area contributed by atoms with E-state index in [0.717, 1.165) is 39.1 Å². The van der Waals surface area contributed by atoms with Gasteiger partial charge in [0.2, 0.25) is 0 Å². The van der Waals surface area contributed by atoms with Gasteiger partial charge in [-0.25, -0.2) is 0 Å². The molecule has 1 amide bonds. The summed E-state index contributed by atoms with van der Waals surface area (Å²) in [5, 5.41) is 2.15. The Balaban J connectivity index is 1.53. The average molecular weight is 376 g/mol. The maximum absolute atomic E-state index is 12.9. The SMILES string of the molecule is CCOc1ccc(CN(C)CN2C(=O)c3cccc4cccc2c34)cc1OC. The van der Waals surface area contributed by atoms with Crippen molar-refractivity contribution < 1.29 is 14.3 Å². The minimum absolute atomic E-state index is 0.0583. The first-order valence-electron chi connectivity index (χ1n) is 9.44. The van der Waals surface area contributed by atoms with Gasteiger partial charge >= 0.3 is 0 Å². The fourth-order valence-electron chi connectivity index (χ4n) is 3.81. The van der Waals surface area contributed by atoms with E-state index in [2.05, 4.69) is 17.0 Å². The van der Waals surface area contributed by atoms with Gasteiger partial charge in [-0.3, -0.25) is 14.6 Å². The Bertz CT molecular complexity index is 1030. The summed E-state index contributed by atoms with van der Waals surface area (Å²) in [6.07, 6.45) is 0. The van der Waals surface area contributed by atoms with Crippen molar-refractivity contribution >= 4 is 22.4 Å². The summed E-state index contributed by atoms with van der Waals surface area (Å²) in [7, 11) is 3.66. The number of rotatable bonds is 7. The van der Waals surface area contributed by atoms with Crippen LogP contribution >= 0.6 is 0 Å². The molecular formula is C23H24N2O3. The third-order valence-electron chi connectivity index (χ3n) is 5.01. The molecular weight excluding hydrogens is 352 g/mol. The van der Waals surface area contributed by atoms with Crippen molar-refractivity contribution in [1.82, 2.24) is 4.90 Å². The third-order valence-corrected chi connectivity index (χ3v) is 5.01. The minimum atomic E-state index is 0.0583. The van der Waals surface area contributed by atoms with Crippen LogP contribution in [-0.4, -0.2) is 38.2 Å². The molecule has 0 unspecified atom stereocenters. The van der Waals surface area contributed by atoms with Crippen LogP contribution in [0.1, 0.15) is 22.8 Å². The fourth-order valence-corrected chi connectivity index (χ4v) is 3.81. The molecule has 0 saturated carbocycles. The molecule has 1 aliphatic heterocycles. The van der Waals surface area contributed by atoms with Crippen molar-refractivity contribution in [3.63, 3.8) is 0 Å². The summed E-state index contributed by atoms with van der Waals surface area (Å²) in [6.45, 7) is 3.76. The lowest BCUT2D eigenvalue weighted by Gasteiger charge is -2.25. The van der Waals surface area contributed by atoms with Crippen LogP contribution in [0, 0.1) is 0 Å². The minimum Gasteiger partial charge on any atom is -0.493 e. The van der Waals surface area contributed by atoms with Gasteiger partial charge in [-0.2, -0.15) is 0 Å². The second-order valence-electron chi connectivity index (χ2n) is 6.99. The molecule has 3 aromatic rings. The number of carbonyl (C=O) groups excluding carboxylic acids is 1. The molecule has 1 aliphatic rings. The lowest BCUT2D eigenvalue weighted by atomic mass is 10.1. The lowest BCUT2D eigenvalue weighted by Crippen LogP contribution is -2.37. The normalized spacial score (nSPS) is 12.9. The Hall–Kier alpha value is -3.05. The molecule has 0 bridgehead atoms. The number of anilines is 1. The predicted molar refractivity (Wildman–Crippen MR) is 111 cm³/mol. The Kier molecular flexibility index (Phi) is 4.92. The van der Waals surface area contributed by atoms with Crippen molar-refractivity contribution in [2.24, 2.45) is 0 Å².